The molecule has 3 saturated carbocycles. The van der Waals surface area contributed by atoms with E-state index in [0.29, 0.717) is 22.9 Å². The Bertz CT molecular complexity index is 649. The molecule has 30 heavy (non-hydrogen) atoms. The molecule has 1 N–H and O–H groups in total. The van der Waals surface area contributed by atoms with Gasteiger partial charge in [-0.05, 0) is 105 Å². The average Bonchev–Trinajstić information content (AvgIpc) is 3.05. The number of rotatable bonds is 6. The molecular weight excluding hydrogens is 368 g/mol. The molecule has 4 aliphatic carbocycles. The second-order valence-electron chi connectivity index (χ2n) is 12.7. The van der Waals surface area contributed by atoms with E-state index >= 15 is 0 Å². The lowest BCUT2D eigenvalue weighted by Gasteiger charge is -2.59. The Labute approximate surface area is 186 Å². The predicted molar refractivity (Wildman–Crippen MR) is 125 cm³/mol. The van der Waals surface area contributed by atoms with Gasteiger partial charge in [-0.2, -0.15) is 0 Å². The number of ether oxygens (including phenoxy) is 1. The van der Waals surface area contributed by atoms with Crippen molar-refractivity contribution in [2.75, 3.05) is 7.11 Å². The summed E-state index contributed by atoms with van der Waals surface area (Å²) in [7, 11) is 1.89. The fourth-order valence-electron chi connectivity index (χ4n) is 8.89. The van der Waals surface area contributed by atoms with Gasteiger partial charge in [0.25, 0.3) is 0 Å². The first-order chi connectivity index (χ1) is 14.1. The van der Waals surface area contributed by atoms with Crippen LogP contribution in [0.25, 0.3) is 0 Å². The van der Waals surface area contributed by atoms with Crippen LogP contribution in [0.2, 0.25) is 0 Å². The number of hydrogen-bond donors (Lipinski definition) is 1. The van der Waals surface area contributed by atoms with Gasteiger partial charge in [0.05, 0.1) is 11.7 Å². The Morgan fingerprint density at radius 2 is 1.90 bits per heavy atom. The van der Waals surface area contributed by atoms with Crippen LogP contribution in [0.3, 0.4) is 0 Å². The zero-order valence-electron chi connectivity index (χ0n) is 20.7. The van der Waals surface area contributed by atoms with Crippen LogP contribution in [0.4, 0.5) is 0 Å². The lowest BCUT2D eigenvalue weighted by molar-refractivity contribution is -0.106. The quantitative estimate of drug-likeness (QED) is 0.466. The minimum atomic E-state index is -0.499. The highest BCUT2D eigenvalue weighted by atomic mass is 16.5. The van der Waals surface area contributed by atoms with Crippen LogP contribution < -0.4 is 0 Å². The maximum atomic E-state index is 11.6. The molecule has 0 radical (unpaired) electrons. The summed E-state index contributed by atoms with van der Waals surface area (Å²) in [4.78, 5) is 0. The summed E-state index contributed by atoms with van der Waals surface area (Å²) in [6.07, 6.45) is 16.7. The Morgan fingerprint density at radius 1 is 1.13 bits per heavy atom. The van der Waals surface area contributed by atoms with Crippen LogP contribution in [0.1, 0.15) is 105 Å². The molecule has 0 aromatic heterocycles. The van der Waals surface area contributed by atoms with Gasteiger partial charge in [-0.1, -0.05) is 52.2 Å². The van der Waals surface area contributed by atoms with Crippen LogP contribution in [0.15, 0.2) is 11.6 Å². The van der Waals surface area contributed by atoms with E-state index in [4.69, 9.17) is 4.74 Å². The highest BCUT2D eigenvalue weighted by Crippen LogP contribution is 2.67. The van der Waals surface area contributed by atoms with Gasteiger partial charge >= 0.3 is 0 Å². The molecule has 0 aromatic rings. The van der Waals surface area contributed by atoms with Crippen molar-refractivity contribution in [3.05, 3.63) is 11.6 Å². The van der Waals surface area contributed by atoms with E-state index in [9.17, 15) is 5.11 Å². The van der Waals surface area contributed by atoms with Gasteiger partial charge in [0, 0.05) is 7.11 Å². The predicted octanol–water partition coefficient (Wildman–Crippen LogP) is 7.16. The van der Waals surface area contributed by atoms with Crippen LogP contribution in [0.5, 0.6) is 0 Å². The van der Waals surface area contributed by atoms with Crippen molar-refractivity contribution in [1.29, 1.82) is 0 Å². The lowest BCUT2D eigenvalue weighted by Crippen LogP contribution is -2.53. The summed E-state index contributed by atoms with van der Waals surface area (Å²) < 4.78 is 5.74. The summed E-state index contributed by atoms with van der Waals surface area (Å²) in [5, 5.41) is 11.6. The smallest absolute Gasteiger partial charge is 0.0653 e. The van der Waals surface area contributed by atoms with E-state index in [1.54, 1.807) is 5.57 Å². The van der Waals surface area contributed by atoms with Crippen LogP contribution in [0, 0.1) is 40.4 Å². The summed E-state index contributed by atoms with van der Waals surface area (Å²) in [6, 6.07) is 0. The third-order valence-electron chi connectivity index (χ3n) is 10.6. The van der Waals surface area contributed by atoms with Gasteiger partial charge in [-0.25, -0.2) is 0 Å². The Hall–Kier alpha value is -0.340. The SMILES string of the molecule is CO[C@H]1CC[C@@]2(C)C(=CC[C@H]3[C@@H]4CC[C@H]([C@@](C)(O)CCCC(C)C)[C@@]4(C)CC[C@@H]32)C1. The maximum Gasteiger partial charge on any atom is 0.0653 e. The molecule has 4 aliphatic rings. The van der Waals surface area contributed by atoms with Gasteiger partial charge in [0.2, 0.25) is 0 Å². The van der Waals surface area contributed by atoms with Crippen molar-refractivity contribution in [1.82, 2.24) is 0 Å². The topological polar surface area (TPSA) is 29.5 Å². The van der Waals surface area contributed by atoms with Crippen LogP contribution >= 0.6 is 0 Å². The number of fused-ring (bicyclic) bond motifs is 5. The standard InChI is InChI=1S/C28H48O2/c1-19(2)8-7-15-28(5,29)25-12-11-23-22-10-9-20-18-21(30-6)13-16-26(20,3)24(22)14-17-27(23,25)4/h9,19,21-25,29H,7-8,10-18H2,1-6H3/t21-,22-,23-,24-,25-,26-,27-,28-/m0/s1. The minimum Gasteiger partial charge on any atom is -0.390 e. The van der Waals surface area contributed by atoms with E-state index in [-0.39, 0.29) is 0 Å². The molecule has 172 valence electrons. The van der Waals surface area contributed by atoms with Gasteiger partial charge in [-0.15, -0.1) is 0 Å². The van der Waals surface area contributed by atoms with Crippen molar-refractivity contribution in [3.63, 3.8) is 0 Å². The summed E-state index contributed by atoms with van der Waals surface area (Å²) in [5.74, 6) is 3.68. The van der Waals surface area contributed by atoms with Crippen molar-refractivity contribution < 1.29 is 9.84 Å². The van der Waals surface area contributed by atoms with Gasteiger partial charge in [-0.3, -0.25) is 0 Å². The number of methoxy groups -OCH3 is 1. The molecule has 0 bridgehead atoms. The monoisotopic (exact) mass is 416 g/mol. The van der Waals surface area contributed by atoms with Crippen molar-refractivity contribution in [2.45, 2.75) is 117 Å². The normalized spacial score (nSPS) is 45.3. The van der Waals surface area contributed by atoms with Crippen LogP contribution in [-0.4, -0.2) is 23.9 Å². The second kappa shape index (κ2) is 8.22. The summed E-state index contributed by atoms with van der Waals surface area (Å²) >= 11 is 0. The zero-order chi connectivity index (χ0) is 21.7. The molecule has 0 spiro atoms. The molecule has 2 nitrogen and oxygen atoms in total. The van der Waals surface area contributed by atoms with E-state index < -0.39 is 5.60 Å². The number of aliphatic hydroxyl groups is 1. The summed E-state index contributed by atoms with van der Waals surface area (Å²) in [5.41, 5.74) is 1.94. The van der Waals surface area contributed by atoms with Gasteiger partial charge < -0.3 is 9.84 Å². The van der Waals surface area contributed by atoms with Crippen molar-refractivity contribution in [2.24, 2.45) is 40.4 Å². The van der Waals surface area contributed by atoms with E-state index in [0.717, 1.165) is 36.5 Å². The highest BCUT2D eigenvalue weighted by molar-refractivity contribution is 5.25. The van der Waals surface area contributed by atoms with E-state index in [2.05, 4.69) is 40.7 Å². The van der Waals surface area contributed by atoms with Crippen molar-refractivity contribution >= 4 is 0 Å². The zero-order valence-corrected chi connectivity index (χ0v) is 20.7. The fourth-order valence-corrected chi connectivity index (χ4v) is 8.89. The van der Waals surface area contributed by atoms with E-state index in [1.165, 1.54) is 57.8 Å². The lowest BCUT2D eigenvalue weighted by atomic mass is 9.46. The summed E-state index contributed by atoms with van der Waals surface area (Å²) in [6.45, 7) is 11.9. The van der Waals surface area contributed by atoms with E-state index in [1.807, 2.05) is 7.11 Å². The second-order valence-corrected chi connectivity index (χ2v) is 12.7. The third-order valence-corrected chi connectivity index (χ3v) is 10.6. The molecule has 0 amide bonds. The average molecular weight is 417 g/mol. The highest BCUT2D eigenvalue weighted by Gasteiger charge is 2.61. The molecule has 8 atom stereocenters. The maximum absolute atomic E-state index is 11.6. The third kappa shape index (κ3) is 3.72. The Morgan fingerprint density at radius 3 is 2.60 bits per heavy atom. The Balaban J connectivity index is 1.52. The minimum absolute atomic E-state index is 0.327. The molecule has 0 saturated heterocycles. The molecular formula is C28H48O2. The molecule has 3 fully saturated rings. The molecule has 0 heterocycles. The van der Waals surface area contributed by atoms with Crippen molar-refractivity contribution in [3.8, 4) is 0 Å². The molecule has 0 aromatic carbocycles. The Kier molecular flexibility index (Phi) is 6.26. The van der Waals surface area contributed by atoms with Gasteiger partial charge in [0.15, 0.2) is 0 Å². The molecule has 4 rings (SSSR count). The molecule has 2 heteroatoms. The van der Waals surface area contributed by atoms with Gasteiger partial charge in [0.1, 0.15) is 0 Å². The van der Waals surface area contributed by atoms with Crippen LogP contribution in [-0.2, 0) is 4.74 Å². The first kappa shape index (κ1) is 22.8. The fraction of sp³-hybridized carbons (Fsp3) is 0.929. The molecule has 0 unspecified atom stereocenters. The largest absolute Gasteiger partial charge is 0.390 e. The first-order valence-electron chi connectivity index (χ1n) is 13.1. The number of allylic oxidation sites excluding steroid dienone is 1. The molecule has 0 aliphatic heterocycles. The number of hydrogen-bond acceptors (Lipinski definition) is 2. The first-order valence-corrected chi connectivity index (χ1v) is 13.1.